The van der Waals surface area contributed by atoms with E-state index in [9.17, 15) is 30.3 Å². The van der Waals surface area contributed by atoms with Gasteiger partial charge in [-0.3, -0.25) is 4.79 Å². The van der Waals surface area contributed by atoms with Gasteiger partial charge in [0.25, 0.3) is 0 Å². The van der Waals surface area contributed by atoms with Crippen molar-refractivity contribution < 1.29 is 48.9 Å². The summed E-state index contributed by atoms with van der Waals surface area (Å²) in [5.74, 6) is -0.317. The maximum Gasteiger partial charge on any atom is 0.229 e. The van der Waals surface area contributed by atoms with Gasteiger partial charge in [-0.2, -0.15) is 0 Å². The van der Waals surface area contributed by atoms with Crippen molar-refractivity contribution in [3.05, 3.63) is 40.6 Å². The molecule has 176 valence electrons. The number of hydrogen-bond donors (Lipinski definition) is 5. The van der Waals surface area contributed by atoms with E-state index in [0.29, 0.717) is 5.56 Å². The number of rotatable bonds is 6. The predicted octanol–water partition coefficient (Wildman–Crippen LogP) is 0.708. The summed E-state index contributed by atoms with van der Waals surface area (Å²) < 4.78 is 27.4. The molecule has 1 fully saturated rings. The van der Waals surface area contributed by atoms with Gasteiger partial charge in [0, 0.05) is 23.8 Å². The maximum absolute atomic E-state index is 12.6. The molecular weight excluding hydrogens is 440 g/mol. The number of aromatic hydroxyl groups is 2. The molecule has 5 N–H and O–H groups in total. The van der Waals surface area contributed by atoms with Crippen molar-refractivity contribution in [2.75, 3.05) is 27.4 Å². The van der Waals surface area contributed by atoms with Gasteiger partial charge in [-0.05, 0) is 12.1 Å². The first kappa shape index (κ1) is 22.7. The average molecular weight is 462 g/mol. The fourth-order valence-corrected chi connectivity index (χ4v) is 3.54. The lowest BCUT2D eigenvalue weighted by molar-refractivity contribution is -0.116. The molecule has 1 unspecified atom stereocenters. The quantitative estimate of drug-likeness (QED) is 0.350. The third-order valence-corrected chi connectivity index (χ3v) is 5.35. The van der Waals surface area contributed by atoms with E-state index in [2.05, 4.69) is 0 Å². The monoisotopic (exact) mass is 462 g/mol. The summed E-state index contributed by atoms with van der Waals surface area (Å²) in [4.78, 5) is 12.6. The van der Waals surface area contributed by atoms with Crippen LogP contribution in [0.1, 0.15) is 0 Å². The lowest BCUT2D eigenvalue weighted by Gasteiger charge is -2.25. The third kappa shape index (κ3) is 3.91. The molecule has 0 bridgehead atoms. The molecule has 1 aliphatic heterocycles. The number of hydrogen-bond acceptors (Lipinski definition) is 11. The van der Waals surface area contributed by atoms with Crippen LogP contribution in [0.15, 0.2) is 39.5 Å². The first-order chi connectivity index (χ1) is 15.7. The summed E-state index contributed by atoms with van der Waals surface area (Å²) in [6, 6.07) is 6.36. The van der Waals surface area contributed by atoms with Crippen LogP contribution in [-0.4, -0.2) is 71.0 Å². The van der Waals surface area contributed by atoms with Gasteiger partial charge in [-0.15, -0.1) is 0 Å². The van der Waals surface area contributed by atoms with Gasteiger partial charge in [-0.1, -0.05) is 0 Å². The Morgan fingerprint density at radius 2 is 1.76 bits per heavy atom. The van der Waals surface area contributed by atoms with Crippen LogP contribution in [0.3, 0.4) is 0 Å². The van der Waals surface area contributed by atoms with Crippen molar-refractivity contribution in [2.24, 2.45) is 0 Å². The van der Waals surface area contributed by atoms with Crippen molar-refractivity contribution in [1.29, 1.82) is 0 Å². The molecule has 0 radical (unpaired) electrons. The van der Waals surface area contributed by atoms with Crippen LogP contribution in [0.2, 0.25) is 0 Å². The van der Waals surface area contributed by atoms with Crippen molar-refractivity contribution in [1.82, 2.24) is 0 Å². The van der Waals surface area contributed by atoms with Crippen LogP contribution in [0.4, 0.5) is 0 Å². The van der Waals surface area contributed by atoms with Crippen LogP contribution in [0.25, 0.3) is 22.3 Å². The molecule has 3 aromatic rings. The summed E-state index contributed by atoms with van der Waals surface area (Å²) in [5.41, 5.74) is -2.10. The molecule has 0 spiro atoms. The van der Waals surface area contributed by atoms with E-state index >= 15 is 0 Å². The number of phenols is 2. The molecule has 33 heavy (non-hydrogen) atoms. The number of benzene rings is 2. The van der Waals surface area contributed by atoms with E-state index in [-0.39, 0.29) is 46.3 Å². The molecule has 3 atom stereocenters. The number of aliphatic hydroxyl groups is 3. The molecule has 0 saturated carbocycles. The molecule has 2 heterocycles. The minimum absolute atomic E-state index is 0.0287. The minimum atomic E-state index is -1.88. The molecule has 4 rings (SSSR count). The van der Waals surface area contributed by atoms with Crippen LogP contribution >= 0.6 is 0 Å². The molecule has 11 heteroatoms. The molecular formula is C22H22O11. The van der Waals surface area contributed by atoms with Gasteiger partial charge in [0.05, 0.1) is 27.4 Å². The van der Waals surface area contributed by atoms with Gasteiger partial charge >= 0.3 is 0 Å². The van der Waals surface area contributed by atoms with Crippen LogP contribution in [0, 0.1) is 0 Å². The second kappa shape index (κ2) is 8.45. The Bertz CT molecular complexity index is 1230. The number of ether oxygens (including phenoxy) is 4. The van der Waals surface area contributed by atoms with Gasteiger partial charge in [-0.25, -0.2) is 0 Å². The smallest absolute Gasteiger partial charge is 0.229 e. The Labute approximate surface area is 186 Å². The number of aliphatic hydroxyl groups excluding tert-OH is 2. The second-order valence-electron chi connectivity index (χ2n) is 7.53. The highest BCUT2D eigenvalue weighted by atomic mass is 16.7. The Morgan fingerprint density at radius 3 is 2.33 bits per heavy atom. The van der Waals surface area contributed by atoms with Crippen molar-refractivity contribution in [2.45, 2.75) is 18.0 Å². The van der Waals surface area contributed by atoms with Crippen LogP contribution < -0.4 is 19.6 Å². The number of methoxy groups -OCH3 is 2. The average Bonchev–Trinajstić information content (AvgIpc) is 3.07. The SMILES string of the molecule is COc1cc(-c2cc(=O)c3c(O)cc(O)cc3o2)cc(OC)c1O[C@@H]1OCC(O)(CO)[C@@H]1O. The summed E-state index contributed by atoms with van der Waals surface area (Å²) in [5, 5.41) is 49.4. The first-order valence-electron chi connectivity index (χ1n) is 9.76. The zero-order valence-corrected chi connectivity index (χ0v) is 17.6. The van der Waals surface area contributed by atoms with E-state index in [0.717, 1.165) is 6.07 Å². The normalized spacial score (nSPS) is 22.5. The Balaban J connectivity index is 1.77. The van der Waals surface area contributed by atoms with E-state index < -0.39 is 35.8 Å². The number of fused-ring (bicyclic) bond motifs is 1. The molecule has 2 aromatic carbocycles. The Morgan fingerprint density at radius 1 is 1.09 bits per heavy atom. The zero-order valence-electron chi connectivity index (χ0n) is 17.6. The summed E-state index contributed by atoms with van der Waals surface area (Å²) in [7, 11) is 2.71. The Kier molecular flexibility index (Phi) is 5.80. The molecule has 1 saturated heterocycles. The topological polar surface area (TPSA) is 168 Å². The van der Waals surface area contributed by atoms with Crippen molar-refractivity contribution >= 4 is 11.0 Å². The third-order valence-electron chi connectivity index (χ3n) is 5.35. The largest absolute Gasteiger partial charge is 0.508 e. The van der Waals surface area contributed by atoms with Gasteiger partial charge in [0.2, 0.25) is 12.0 Å². The zero-order chi connectivity index (χ0) is 23.9. The maximum atomic E-state index is 12.6. The lowest BCUT2D eigenvalue weighted by atomic mass is 10.0. The molecule has 1 aliphatic rings. The second-order valence-corrected chi connectivity index (χ2v) is 7.53. The molecule has 0 amide bonds. The highest BCUT2D eigenvalue weighted by Gasteiger charge is 2.49. The molecule has 11 nitrogen and oxygen atoms in total. The standard InChI is InChI=1S/C22H22O11/c1-29-16-3-10(14-7-13(26)18-12(25)5-11(24)6-15(18)32-14)4-17(30-2)19(16)33-21-20(27)22(28,8-23)9-31-21/h3-7,20-21,23-25,27-28H,8-9H2,1-2H3/t20-,21+,22?/m1/s1. The minimum Gasteiger partial charge on any atom is -0.508 e. The van der Waals surface area contributed by atoms with Crippen molar-refractivity contribution in [3.63, 3.8) is 0 Å². The van der Waals surface area contributed by atoms with E-state index in [1.54, 1.807) is 0 Å². The summed E-state index contributed by atoms with van der Waals surface area (Å²) >= 11 is 0. The predicted molar refractivity (Wildman–Crippen MR) is 113 cm³/mol. The van der Waals surface area contributed by atoms with Crippen LogP contribution in [0.5, 0.6) is 28.7 Å². The highest BCUT2D eigenvalue weighted by molar-refractivity contribution is 5.86. The van der Waals surface area contributed by atoms with Crippen molar-refractivity contribution in [3.8, 4) is 40.1 Å². The first-order valence-corrected chi connectivity index (χ1v) is 9.76. The summed E-state index contributed by atoms with van der Waals surface area (Å²) in [6.45, 7) is -1.08. The van der Waals surface area contributed by atoms with E-state index in [1.807, 2.05) is 0 Å². The summed E-state index contributed by atoms with van der Waals surface area (Å²) in [6.07, 6.45) is -2.86. The van der Waals surface area contributed by atoms with Gasteiger partial charge in [0.1, 0.15) is 39.9 Å². The van der Waals surface area contributed by atoms with E-state index in [1.165, 1.54) is 38.5 Å². The lowest BCUT2D eigenvalue weighted by Crippen LogP contribution is -2.48. The number of phenolic OH excluding ortho intramolecular Hbond substituents is 2. The Hall–Kier alpha value is -3.51. The van der Waals surface area contributed by atoms with Gasteiger partial charge in [0.15, 0.2) is 16.9 Å². The van der Waals surface area contributed by atoms with E-state index in [4.69, 9.17) is 23.4 Å². The fourth-order valence-electron chi connectivity index (χ4n) is 3.54. The van der Waals surface area contributed by atoms with Gasteiger partial charge < -0.3 is 48.9 Å². The molecule has 1 aromatic heterocycles. The van der Waals surface area contributed by atoms with Crippen LogP contribution in [-0.2, 0) is 4.74 Å². The fraction of sp³-hybridized carbons (Fsp3) is 0.318. The highest BCUT2D eigenvalue weighted by Crippen LogP contribution is 2.43. The molecule has 0 aliphatic carbocycles.